The standard InChI is InChI=1S/C19H25N3O/c1-15-13-17(7-10-20-15)21-14-16-3-5-18(6-4-16)23-19-8-11-22(2)12-9-19/h3-7,10,13,19H,8-9,11-12,14H2,1-2H3,(H,20,21). The minimum absolute atomic E-state index is 0.356. The van der Waals surface area contributed by atoms with Crippen LogP contribution in [0, 0.1) is 6.92 Å². The highest BCUT2D eigenvalue weighted by Gasteiger charge is 2.17. The van der Waals surface area contributed by atoms with Crippen molar-refractivity contribution >= 4 is 5.69 Å². The lowest BCUT2D eigenvalue weighted by Gasteiger charge is -2.29. The minimum Gasteiger partial charge on any atom is -0.490 e. The molecule has 0 spiro atoms. The third-order valence-corrected chi connectivity index (χ3v) is 4.28. The molecule has 4 heteroatoms. The van der Waals surface area contributed by atoms with E-state index in [1.165, 1.54) is 5.56 Å². The molecule has 122 valence electrons. The molecule has 1 aromatic carbocycles. The minimum atomic E-state index is 0.356. The Bertz CT molecular complexity index is 619. The van der Waals surface area contributed by atoms with Crippen molar-refractivity contribution in [3.05, 3.63) is 53.9 Å². The lowest BCUT2D eigenvalue weighted by molar-refractivity contribution is 0.114. The maximum absolute atomic E-state index is 6.08. The summed E-state index contributed by atoms with van der Waals surface area (Å²) in [5.41, 5.74) is 3.37. The monoisotopic (exact) mass is 311 g/mol. The molecular weight excluding hydrogens is 286 g/mol. The third kappa shape index (κ3) is 4.70. The number of likely N-dealkylation sites (tertiary alicyclic amines) is 1. The molecule has 0 atom stereocenters. The quantitative estimate of drug-likeness (QED) is 0.917. The summed E-state index contributed by atoms with van der Waals surface area (Å²) in [5.74, 6) is 0.975. The number of nitrogens with zero attached hydrogens (tertiary/aromatic N) is 2. The van der Waals surface area contributed by atoms with Crippen LogP contribution in [-0.4, -0.2) is 36.1 Å². The van der Waals surface area contributed by atoms with Crippen LogP contribution in [0.15, 0.2) is 42.6 Å². The molecule has 3 rings (SSSR count). The van der Waals surface area contributed by atoms with E-state index in [9.17, 15) is 0 Å². The maximum Gasteiger partial charge on any atom is 0.119 e. The van der Waals surface area contributed by atoms with Crippen LogP contribution in [-0.2, 0) is 6.54 Å². The van der Waals surface area contributed by atoms with Crippen molar-refractivity contribution in [2.75, 3.05) is 25.5 Å². The van der Waals surface area contributed by atoms with Crippen molar-refractivity contribution < 1.29 is 4.74 Å². The Balaban J connectivity index is 1.51. The molecule has 2 aromatic rings. The second-order valence-corrected chi connectivity index (χ2v) is 6.30. The number of nitrogens with one attached hydrogen (secondary N) is 1. The molecule has 4 nitrogen and oxygen atoms in total. The van der Waals surface area contributed by atoms with E-state index in [1.54, 1.807) is 0 Å². The largest absolute Gasteiger partial charge is 0.490 e. The van der Waals surface area contributed by atoms with Gasteiger partial charge in [0, 0.05) is 37.2 Å². The number of aromatic nitrogens is 1. The Kier molecular flexibility index (Phi) is 5.13. The zero-order chi connectivity index (χ0) is 16.1. The smallest absolute Gasteiger partial charge is 0.119 e. The summed E-state index contributed by atoms with van der Waals surface area (Å²) in [7, 11) is 2.17. The predicted molar refractivity (Wildman–Crippen MR) is 93.9 cm³/mol. The van der Waals surface area contributed by atoms with Gasteiger partial charge >= 0.3 is 0 Å². The van der Waals surface area contributed by atoms with Gasteiger partial charge in [-0.25, -0.2) is 0 Å². The number of piperidine rings is 1. The highest BCUT2D eigenvalue weighted by molar-refractivity contribution is 5.43. The average Bonchev–Trinajstić information content (AvgIpc) is 2.56. The van der Waals surface area contributed by atoms with Crippen LogP contribution in [0.25, 0.3) is 0 Å². The number of pyridine rings is 1. The van der Waals surface area contributed by atoms with E-state index in [-0.39, 0.29) is 0 Å². The number of rotatable bonds is 5. The third-order valence-electron chi connectivity index (χ3n) is 4.28. The average molecular weight is 311 g/mol. The predicted octanol–water partition coefficient (Wildman–Crippen LogP) is 3.48. The molecule has 1 aliphatic rings. The number of anilines is 1. The molecular formula is C19H25N3O. The van der Waals surface area contributed by atoms with Gasteiger partial charge in [0.1, 0.15) is 11.9 Å². The number of benzene rings is 1. The first-order chi connectivity index (χ1) is 11.2. The van der Waals surface area contributed by atoms with Gasteiger partial charge in [-0.3, -0.25) is 4.98 Å². The molecule has 0 unspecified atom stereocenters. The van der Waals surface area contributed by atoms with Gasteiger partial charge < -0.3 is 15.0 Å². The second kappa shape index (κ2) is 7.47. The summed E-state index contributed by atoms with van der Waals surface area (Å²) in [4.78, 5) is 6.56. The van der Waals surface area contributed by atoms with Crippen molar-refractivity contribution in [3.63, 3.8) is 0 Å². The van der Waals surface area contributed by atoms with Crippen LogP contribution in [0.1, 0.15) is 24.1 Å². The molecule has 1 fully saturated rings. The molecule has 1 N–H and O–H groups in total. The highest BCUT2D eigenvalue weighted by Crippen LogP contribution is 2.19. The Labute approximate surface area is 138 Å². The Morgan fingerprint density at radius 1 is 1.17 bits per heavy atom. The van der Waals surface area contributed by atoms with Crippen LogP contribution in [0.4, 0.5) is 5.69 Å². The zero-order valence-corrected chi connectivity index (χ0v) is 14.0. The van der Waals surface area contributed by atoms with E-state index < -0.39 is 0 Å². The molecule has 0 amide bonds. The maximum atomic E-state index is 6.08. The molecule has 0 bridgehead atoms. The van der Waals surface area contributed by atoms with Gasteiger partial charge in [0.05, 0.1) is 0 Å². The highest BCUT2D eigenvalue weighted by atomic mass is 16.5. The molecule has 0 radical (unpaired) electrons. The Morgan fingerprint density at radius 2 is 1.91 bits per heavy atom. The van der Waals surface area contributed by atoms with Gasteiger partial charge in [0.25, 0.3) is 0 Å². The van der Waals surface area contributed by atoms with Crippen molar-refractivity contribution in [3.8, 4) is 5.75 Å². The van der Waals surface area contributed by atoms with Gasteiger partial charge in [-0.1, -0.05) is 12.1 Å². The fourth-order valence-corrected chi connectivity index (χ4v) is 2.84. The molecule has 1 aromatic heterocycles. The number of hydrogen-bond donors (Lipinski definition) is 1. The first-order valence-electron chi connectivity index (χ1n) is 8.30. The molecule has 0 saturated carbocycles. The summed E-state index contributed by atoms with van der Waals surface area (Å²) in [5, 5.41) is 3.42. The molecule has 2 heterocycles. The number of aryl methyl sites for hydroxylation is 1. The van der Waals surface area contributed by atoms with Crippen molar-refractivity contribution in [2.24, 2.45) is 0 Å². The Hall–Kier alpha value is -2.07. The van der Waals surface area contributed by atoms with Crippen LogP contribution >= 0.6 is 0 Å². The number of hydrogen-bond acceptors (Lipinski definition) is 4. The Morgan fingerprint density at radius 3 is 2.61 bits per heavy atom. The van der Waals surface area contributed by atoms with Gasteiger partial charge in [-0.05, 0) is 56.6 Å². The summed E-state index contributed by atoms with van der Waals surface area (Å²) < 4.78 is 6.08. The van der Waals surface area contributed by atoms with Gasteiger partial charge in [-0.15, -0.1) is 0 Å². The van der Waals surface area contributed by atoms with Crippen molar-refractivity contribution in [1.29, 1.82) is 0 Å². The summed E-state index contributed by atoms with van der Waals surface area (Å²) in [6.07, 6.45) is 4.41. The SMILES string of the molecule is Cc1cc(NCc2ccc(OC3CCN(C)CC3)cc2)ccn1. The fraction of sp³-hybridized carbons (Fsp3) is 0.421. The van der Waals surface area contributed by atoms with E-state index in [0.717, 1.165) is 49.6 Å². The van der Waals surface area contributed by atoms with E-state index in [2.05, 4.69) is 52.6 Å². The van der Waals surface area contributed by atoms with Crippen molar-refractivity contribution in [2.45, 2.75) is 32.4 Å². The van der Waals surface area contributed by atoms with Crippen LogP contribution < -0.4 is 10.1 Å². The fourth-order valence-electron chi connectivity index (χ4n) is 2.84. The summed E-state index contributed by atoms with van der Waals surface area (Å²) >= 11 is 0. The lowest BCUT2D eigenvalue weighted by Crippen LogP contribution is -2.35. The lowest BCUT2D eigenvalue weighted by atomic mass is 10.1. The van der Waals surface area contributed by atoms with E-state index in [0.29, 0.717) is 6.10 Å². The van der Waals surface area contributed by atoms with Crippen LogP contribution in [0.3, 0.4) is 0 Å². The molecule has 23 heavy (non-hydrogen) atoms. The normalized spacial score (nSPS) is 16.3. The molecule has 1 saturated heterocycles. The first kappa shape index (κ1) is 15.8. The zero-order valence-electron chi connectivity index (χ0n) is 14.0. The van der Waals surface area contributed by atoms with Gasteiger partial charge in [-0.2, -0.15) is 0 Å². The van der Waals surface area contributed by atoms with Crippen LogP contribution in [0.2, 0.25) is 0 Å². The summed E-state index contributed by atoms with van der Waals surface area (Å²) in [6, 6.07) is 12.5. The molecule has 1 aliphatic heterocycles. The van der Waals surface area contributed by atoms with E-state index >= 15 is 0 Å². The van der Waals surface area contributed by atoms with E-state index in [1.807, 2.05) is 19.2 Å². The van der Waals surface area contributed by atoms with Crippen molar-refractivity contribution in [1.82, 2.24) is 9.88 Å². The first-order valence-corrected chi connectivity index (χ1v) is 8.30. The molecule has 0 aliphatic carbocycles. The number of ether oxygens (including phenoxy) is 1. The second-order valence-electron chi connectivity index (χ2n) is 6.30. The topological polar surface area (TPSA) is 37.4 Å². The van der Waals surface area contributed by atoms with Gasteiger partial charge in [0.15, 0.2) is 0 Å². The summed E-state index contributed by atoms with van der Waals surface area (Å²) in [6.45, 7) is 5.05. The van der Waals surface area contributed by atoms with Crippen LogP contribution in [0.5, 0.6) is 5.75 Å². The van der Waals surface area contributed by atoms with E-state index in [4.69, 9.17) is 4.74 Å². The van der Waals surface area contributed by atoms with Gasteiger partial charge in [0.2, 0.25) is 0 Å².